The normalized spacial score (nSPS) is 36.9. The van der Waals surface area contributed by atoms with Crippen LogP contribution < -0.4 is 5.32 Å². The topological polar surface area (TPSA) is 137 Å². The molecule has 0 bridgehead atoms. The van der Waals surface area contributed by atoms with E-state index in [2.05, 4.69) is 5.32 Å². The second kappa shape index (κ2) is 6.22. The fourth-order valence-corrected chi connectivity index (χ4v) is 2.46. The summed E-state index contributed by atoms with van der Waals surface area (Å²) < 4.78 is 10.9. The largest absolute Gasteiger partial charge is 1.00 e. The summed E-state index contributed by atoms with van der Waals surface area (Å²) in [5.41, 5.74) is -0.592. The number of fused-ring (bicyclic) bond motifs is 1. The van der Waals surface area contributed by atoms with E-state index in [0.717, 1.165) is 0 Å². The number of nitrogens with zero attached hydrogens (tertiary/aromatic N) is 1. The second-order valence-corrected chi connectivity index (χ2v) is 4.71. The molecule has 0 radical (unpaired) electrons. The van der Waals surface area contributed by atoms with Crippen LogP contribution in [-0.2, 0) is 9.47 Å². The molecule has 0 aromatic heterocycles. The highest BCUT2D eigenvalue weighted by Gasteiger charge is 2.57. The van der Waals surface area contributed by atoms with Crippen LogP contribution in [0, 0.1) is 15.3 Å². The van der Waals surface area contributed by atoms with Crippen molar-refractivity contribution < 1.29 is 26.2 Å². The van der Waals surface area contributed by atoms with Crippen molar-refractivity contribution in [3.05, 3.63) is 51.5 Å². The van der Waals surface area contributed by atoms with Crippen molar-refractivity contribution in [3.63, 3.8) is 0 Å². The van der Waals surface area contributed by atoms with Gasteiger partial charge in [0.2, 0.25) is 0 Å². The van der Waals surface area contributed by atoms with Crippen molar-refractivity contribution in [1.82, 2.24) is 5.32 Å². The van der Waals surface area contributed by atoms with Crippen LogP contribution in [0.4, 0.5) is 0 Å². The highest BCUT2D eigenvalue weighted by Crippen LogP contribution is 2.38. The van der Waals surface area contributed by atoms with E-state index in [9.17, 15) is 10.2 Å². The molecule has 9 nitrogen and oxygen atoms in total. The van der Waals surface area contributed by atoms with E-state index < -0.39 is 29.0 Å². The van der Waals surface area contributed by atoms with Crippen molar-refractivity contribution in [3.8, 4) is 0 Å². The Morgan fingerprint density at radius 3 is 2.81 bits per heavy atom. The molecule has 4 atom stereocenters. The number of allylic oxidation sites excluding steroid dienone is 4. The molecule has 0 amide bonds. The van der Waals surface area contributed by atoms with Gasteiger partial charge in [0.15, 0.2) is 5.60 Å². The first kappa shape index (κ1) is 15.4. The molecule has 0 saturated carbocycles. The second-order valence-electron chi connectivity index (χ2n) is 4.71. The summed E-state index contributed by atoms with van der Waals surface area (Å²) in [5.74, 6) is 0. The molecule has 2 saturated heterocycles. The maximum atomic E-state index is 10.7. The Kier molecular flexibility index (Phi) is 4.58. The Morgan fingerprint density at radius 2 is 2.10 bits per heavy atom. The highest BCUT2D eigenvalue weighted by atomic mass is 16.9. The van der Waals surface area contributed by atoms with Crippen LogP contribution in [0.15, 0.2) is 36.2 Å². The van der Waals surface area contributed by atoms with E-state index >= 15 is 0 Å². The number of aliphatic hydroxyl groups is 2. The predicted molar refractivity (Wildman–Crippen MR) is 71.4 cm³/mol. The van der Waals surface area contributed by atoms with E-state index in [-0.39, 0.29) is 14.6 Å². The summed E-state index contributed by atoms with van der Waals surface area (Å²) >= 11 is 0. The minimum absolute atomic E-state index is 0. The van der Waals surface area contributed by atoms with Gasteiger partial charge in [0, 0.05) is 6.20 Å². The maximum absolute atomic E-state index is 10.7. The number of ether oxygens (including phenoxy) is 2. The van der Waals surface area contributed by atoms with Crippen LogP contribution in [-0.4, -0.2) is 52.4 Å². The van der Waals surface area contributed by atoms with E-state index in [0.29, 0.717) is 5.70 Å². The van der Waals surface area contributed by atoms with Gasteiger partial charge >= 0.3 is 1.43 Å². The Bertz CT molecular complexity index is 492. The zero-order valence-corrected chi connectivity index (χ0v) is 10.9. The van der Waals surface area contributed by atoms with Gasteiger partial charge in [0.05, 0.1) is 24.0 Å². The summed E-state index contributed by atoms with van der Waals surface area (Å²) in [6.07, 6.45) is 7.45. The molecule has 3 aliphatic rings. The maximum Gasteiger partial charge on any atom is 1.00 e. The highest BCUT2D eigenvalue weighted by molar-refractivity contribution is 5.31. The van der Waals surface area contributed by atoms with E-state index in [4.69, 9.17) is 24.8 Å². The van der Waals surface area contributed by atoms with Gasteiger partial charge in [-0.05, 0) is 12.2 Å². The van der Waals surface area contributed by atoms with Crippen LogP contribution in [0.2, 0.25) is 0 Å². The van der Waals surface area contributed by atoms with Gasteiger partial charge in [-0.15, -0.1) is 0 Å². The Labute approximate surface area is 121 Å². The lowest BCUT2D eigenvalue weighted by atomic mass is 9.92. The minimum atomic E-state index is -1.75. The first-order chi connectivity index (χ1) is 9.95. The van der Waals surface area contributed by atoms with Gasteiger partial charge in [-0.25, -0.2) is 0 Å². The molecule has 0 aromatic carbocycles. The van der Waals surface area contributed by atoms with Crippen molar-refractivity contribution >= 4 is 0 Å². The molecular formula is C12H16N2O7. The third-order valence-electron chi connectivity index (χ3n) is 3.38. The fourth-order valence-electron chi connectivity index (χ4n) is 2.46. The third kappa shape index (κ3) is 3.22. The van der Waals surface area contributed by atoms with Crippen LogP contribution in [0.1, 0.15) is 1.43 Å². The summed E-state index contributed by atoms with van der Waals surface area (Å²) in [6, 6.07) is 0. The zero-order chi connectivity index (χ0) is 15.5. The molecule has 0 unspecified atom stereocenters. The average Bonchev–Trinajstić information content (AvgIpc) is 2.81. The van der Waals surface area contributed by atoms with Crippen molar-refractivity contribution in [2.75, 3.05) is 13.2 Å². The molecule has 9 heteroatoms. The number of aliphatic hydroxyl groups excluding tert-OH is 1. The molecule has 3 rings (SSSR count). The standard InChI is InChI=1S/C12H15NO4.NO3/c14-8-6-16-11-10(8)17-7-12(11,15)9-4-2-1-3-5-13-9;2-1(3)4/h1-5,8,10-11,13-15H,6-7H2;/q;-1/p+1/t8-,10-,11+,12+;/m1./s1. The average molecular weight is 300 g/mol. The smallest absolute Gasteiger partial charge is 0.388 e. The third-order valence-corrected chi connectivity index (χ3v) is 3.38. The molecule has 2 fully saturated rings. The van der Waals surface area contributed by atoms with E-state index in [1.165, 1.54) is 0 Å². The van der Waals surface area contributed by atoms with Crippen molar-refractivity contribution in [2.45, 2.75) is 23.9 Å². The lowest BCUT2D eigenvalue weighted by Gasteiger charge is -2.29. The first-order valence-corrected chi connectivity index (χ1v) is 6.21. The molecular weight excluding hydrogens is 284 g/mol. The van der Waals surface area contributed by atoms with Gasteiger partial charge < -0.3 is 40.3 Å². The monoisotopic (exact) mass is 300 g/mol. The van der Waals surface area contributed by atoms with Gasteiger partial charge in [0.1, 0.15) is 18.3 Å². The first-order valence-electron chi connectivity index (χ1n) is 6.21. The number of hydrogen-bond acceptors (Lipinski definition) is 8. The van der Waals surface area contributed by atoms with E-state index in [1.54, 1.807) is 12.3 Å². The minimum Gasteiger partial charge on any atom is -0.388 e. The summed E-state index contributed by atoms with van der Waals surface area (Å²) in [4.78, 5) is 8.25. The molecule has 3 aliphatic heterocycles. The van der Waals surface area contributed by atoms with Crippen molar-refractivity contribution in [2.24, 2.45) is 0 Å². The molecule has 3 N–H and O–H groups in total. The van der Waals surface area contributed by atoms with Gasteiger partial charge in [-0.3, -0.25) is 0 Å². The molecule has 116 valence electrons. The van der Waals surface area contributed by atoms with Gasteiger partial charge in [0.25, 0.3) is 0 Å². The zero-order valence-electron chi connectivity index (χ0n) is 11.9. The summed E-state index contributed by atoms with van der Waals surface area (Å²) in [6.45, 7) is 0.330. The molecule has 3 heterocycles. The van der Waals surface area contributed by atoms with Gasteiger partial charge in [-0.2, -0.15) is 0 Å². The Hall–Kier alpha value is -1.94. The quantitative estimate of drug-likeness (QED) is 0.427. The van der Waals surface area contributed by atoms with Gasteiger partial charge in [-0.1, -0.05) is 12.2 Å². The number of nitrogens with one attached hydrogen (secondary N) is 1. The van der Waals surface area contributed by atoms with Crippen molar-refractivity contribution in [1.29, 1.82) is 0 Å². The summed E-state index contributed by atoms with van der Waals surface area (Å²) in [7, 11) is 0. The number of hydrogen-bond donors (Lipinski definition) is 3. The molecule has 0 aromatic rings. The number of rotatable bonds is 1. The SMILES string of the molecule is O=[N+]([O-])[O-].O[C@@H]1CO[C@H]2[C@@H]1OC[C@]2(O)C1=CC=CC=CN1.[H+]. The molecule has 21 heavy (non-hydrogen) atoms. The Balaban J connectivity index is 0.000000436. The molecule has 0 spiro atoms. The van der Waals surface area contributed by atoms with Crippen LogP contribution in [0.5, 0.6) is 0 Å². The Morgan fingerprint density at radius 1 is 1.38 bits per heavy atom. The fraction of sp³-hybridized carbons (Fsp3) is 0.500. The lowest BCUT2D eigenvalue weighted by molar-refractivity contribution is -0.402. The van der Waals surface area contributed by atoms with Crippen LogP contribution >= 0.6 is 0 Å². The lowest BCUT2D eigenvalue weighted by Crippen LogP contribution is -2.48. The predicted octanol–water partition coefficient (Wildman–Crippen LogP) is -0.694. The van der Waals surface area contributed by atoms with Crippen LogP contribution in [0.3, 0.4) is 0 Å². The summed E-state index contributed by atoms with van der Waals surface area (Å²) in [5, 5.41) is 38.1. The molecule has 0 aliphatic carbocycles. The van der Waals surface area contributed by atoms with Crippen LogP contribution in [0.25, 0.3) is 0 Å². The van der Waals surface area contributed by atoms with E-state index in [1.807, 2.05) is 18.2 Å².